The highest BCUT2D eigenvalue weighted by molar-refractivity contribution is 6.36. The quantitative estimate of drug-likeness (QED) is 0.742. The number of fused-ring (bicyclic) bond motifs is 1. The minimum absolute atomic E-state index is 0.0313. The lowest BCUT2D eigenvalue weighted by molar-refractivity contribution is -0.121. The van der Waals surface area contributed by atoms with E-state index in [1.807, 2.05) is 24.3 Å². The number of imidazole rings is 1. The van der Waals surface area contributed by atoms with Crippen LogP contribution in [0.4, 0.5) is 0 Å². The second-order valence-corrected chi connectivity index (χ2v) is 6.53. The number of para-hydroxylation sites is 2. The summed E-state index contributed by atoms with van der Waals surface area (Å²) in [6.07, 6.45) is 0.523. The monoisotopic (exact) mass is 377 g/mol. The molecule has 0 fully saturated rings. The largest absolute Gasteiger partial charge is 0.354 e. The van der Waals surface area contributed by atoms with Crippen molar-refractivity contribution < 1.29 is 4.79 Å². The van der Waals surface area contributed by atoms with Crippen molar-refractivity contribution in [1.82, 2.24) is 14.5 Å². The van der Waals surface area contributed by atoms with Gasteiger partial charge < -0.3 is 5.32 Å². The van der Waals surface area contributed by atoms with Crippen molar-refractivity contribution >= 4 is 40.1 Å². The molecule has 1 aromatic heterocycles. The Kier molecular flexibility index (Phi) is 5.16. The normalized spacial score (nSPS) is 11.0. The molecule has 25 heavy (non-hydrogen) atoms. The van der Waals surface area contributed by atoms with Crippen molar-refractivity contribution in [3.8, 4) is 0 Å². The van der Waals surface area contributed by atoms with E-state index in [0.29, 0.717) is 23.0 Å². The Morgan fingerprint density at radius 1 is 1.04 bits per heavy atom. The zero-order valence-corrected chi connectivity index (χ0v) is 15.1. The SMILES string of the molecule is Cn1c(=O)n(CC(=O)NCCc2c(Cl)cccc2Cl)c2ccccc21. The Hall–Kier alpha value is -2.24. The highest BCUT2D eigenvalue weighted by Crippen LogP contribution is 2.24. The van der Waals surface area contributed by atoms with E-state index in [1.54, 1.807) is 25.2 Å². The maximum Gasteiger partial charge on any atom is 0.329 e. The summed E-state index contributed by atoms with van der Waals surface area (Å²) in [5.74, 6) is -0.235. The van der Waals surface area contributed by atoms with Gasteiger partial charge in [0.25, 0.3) is 0 Å². The van der Waals surface area contributed by atoms with Crippen LogP contribution < -0.4 is 11.0 Å². The Morgan fingerprint density at radius 2 is 1.68 bits per heavy atom. The number of benzene rings is 2. The number of aromatic nitrogens is 2. The van der Waals surface area contributed by atoms with Gasteiger partial charge >= 0.3 is 5.69 Å². The molecule has 2 aromatic carbocycles. The van der Waals surface area contributed by atoms with Crippen molar-refractivity contribution in [2.75, 3.05) is 6.54 Å². The van der Waals surface area contributed by atoms with Crippen LogP contribution in [0.1, 0.15) is 5.56 Å². The summed E-state index contributed by atoms with van der Waals surface area (Å²) in [4.78, 5) is 24.6. The molecule has 7 heteroatoms. The van der Waals surface area contributed by atoms with Gasteiger partial charge in [-0.15, -0.1) is 0 Å². The van der Waals surface area contributed by atoms with Gasteiger partial charge in [0.2, 0.25) is 5.91 Å². The molecule has 0 saturated heterocycles. The molecule has 1 N–H and O–H groups in total. The van der Waals surface area contributed by atoms with Gasteiger partial charge in [0, 0.05) is 23.6 Å². The molecular weight excluding hydrogens is 361 g/mol. The highest BCUT2D eigenvalue weighted by atomic mass is 35.5. The summed E-state index contributed by atoms with van der Waals surface area (Å²) in [5, 5.41) is 3.96. The minimum Gasteiger partial charge on any atom is -0.354 e. The van der Waals surface area contributed by atoms with E-state index in [4.69, 9.17) is 23.2 Å². The summed E-state index contributed by atoms with van der Waals surface area (Å²) >= 11 is 12.2. The summed E-state index contributed by atoms with van der Waals surface area (Å²) in [6, 6.07) is 12.7. The van der Waals surface area contributed by atoms with Gasteiger partial charge in [-0.2, -0.15) is 0 Å². The smallest absolute Gasteiger partial charge is 0.329 e. The molecule has 0 radical (unpaired) electrons. The Morgan fingerprint density at radius 3 is 2.36 bits per heavy atom. The van der Waals surface area contributed by atoms with Crippen LogP contribution in [0.5, 0.6) is 0 Å². The second-order valence-electron chi connectivity index (χ2n) is 5.72. The Balaban J connectivity index is 1.68. The van der Waals surface area contributed by atoms with Gasteiger partial charge in [-0.3, -0.25) is 13.9 Å². The predicted octanol–water partition coefficient (Wildman–Crippen LogP) is 3.01. The van der Waals surface area contributed by atoms with Crippen LogP contribution >= 0.6 is 23.2 Å². The van der Waals surface area contributed by atoms with Crippen LogP contribution in [0.2, 0.25) is 10.0 Å². The predicted molar refractivity (Wildman–Crippen MR) is 100 cm³/mol. The van der Waals surface area contributed by atoms with E-state index in [9.17, 15) is 9.59 Å². The zero-order valence-electron chi connectivity index (χ0n) is 13.6. The number of hydrogen-bond donors (Lipinski definition) is 1. The third kappa shape index (κ3) is 3.57. The molecular formula is C18H17Cl2N3O2. The van der Waals surface area contributed by atoms with Crippen LogP contribution in [-0.2, 0) is 24.8 Å². The van der Waals surface area contributed by atoms with E-state index in [2.05, 4.69) is 5.32 Å². The maximum absolute atomic E-state index is 12.3. The van der Waals surface area contributed by atoms with Gasteiger partial charge in [0.1, 0.15) is 6.54 Å². The molecule has 0 aliphatic carbocycles. The van der Waals surface area contributed by atoms with Crippen LogP contribution in [0, 0.1) is 0 Å². The third-order valence-corrected chi connectivity index (χ3v) is 4.82. The average molecular weight is 378 g/mol. The van der Waals surface area contributed by atoms with E-state index in [-0.39, 0.29) is 18.1 Å². The number of amides is 1. The summed E-state index contributed by atoms with van der Waals surface area (Å²) < 4.78 is 3.00. The molecule has 1 heterocycles. The number of carbonyl (C=O) groups excluding carboxylic acids is 1. The third-order valence-electron chi connectivity index (χ3n) is 4.11. The van der Waals surface area contributed by atoms with E-state index in [1.165, 1.54) is 9.13 Å². The number of rotatable bonds is 5. The zero-order chi connectivity index (χ0) is 18.0. The first-order valence-corrected chi connectivity index (χ1v) is 8.58. The van der Waals surface area contributed by atoms with Crippen LogP contribution in [0.25, 0.3) is 11.0 Å². The first-order valence-electron chi connectivity index (χ1n) is 7.83. The molecule has 0 spiro atoms. The molecule has 130 valence electrons. The number of nitrogens with one attached hydrogen (secondary N) is 1. The molecule has 3 rings (SSSR count). The fourth-order valence-corrected chi connectivity index (χ4v) is 3.40. The van der Waals surface area contributed by atoms with Gasteiger partial charge in [0.05, 0.1) is 11.0 Å². The van der Waals surface area contributed by atoms with Gasteiger partial charge in [0.15, 0.2) is 0 Å². The minimum atomic E-state index is -0.235. The molecule has 5 nitrogen and oxygen atoms in total. The van der Waals surface area contributed by atoms with Crippen LogP contribution in [0.15, 0.2) is 47.3 Å². The highest BCUT2D eigenvalue weighted by Gasteiger charge is 2.13. The molecule has 1 amide bonds. The first kappa shape index (κ1) is 17.6. The van der Waals surface area contributed by atoms with Gasteiger partial charge in [-0.25, -0.2) is 4.79 Å². The van der Waals surface area contributed by atoms with Crippen molar-refractivity contribution in [2.45, 2.75) is 13.0 Å². The average Bonchev–Trinajstić information content (AvgIpc) is 2.83. The van der Waals surface area contributed by atoms with Gasteiger partial charge in [-0.1, -0.05) is 41.4 Å². The molecule has 0 unspecified atom stereocenters. The lowest BCUT2D eigenvalue weighted by Gasteiger charge is -2.09. The standard InChI is InChI=1S/C18H17Cl2N3O2/c1-22-15-7-2-3-8-16(15)23(18(22)25)11-17(24)21-10-9-12-13(19)5-4-6-14(12)20/h2-8H,9-11H2,1H3,(H,21,24). The summed E-state index contributed by atoms with van der Waals surface area (Å²) in [7, 11) is 1.69. The van der Waals surface area contributed by atoms with E-state index in [0.717, 1.165) is 16.6 Å². The molecule has 3 aromatic rings. The van der Waals surface area contributed by atoms with E-state index >= 15 is 0 Å². The maximum atomic E-state index is 12.3. The van der Waals surface area contributed by atoms with Crippen molar-refractivity contribution in [2.24, 2.45) is 7.05 Å². The molecule has 0 saturated carbocycles. The Bertz CT molecular complexity index is 971. The summed E-state index contributed by atoms with van der Waals surface area (Å²) in [5.41, 5.74) is 2.11. The second kappa shape index (κ2) is 7.33. The first-order chi connectivity index (χ1) is 12.0. The van der Waals surface area contributed by atoms with Crippen molar-refractivity contribution in [1.29, 1.82) is 0 Å². The Labute approximate surface area is 154 Å². The van der Waals surface area contributed by atoms with Gasteiger partial charge in [-0.05, 0) is 36.2 Å². The molecule has 0 aliphatic heterocycles. The van der Waals surface area contributed by atoms with Crippen LogP contribution in [-0.4, -0.2) is 21.6 Å². The fourth-order valence-electron chi connectivity index (χ4n) is 2.81. The fraction of sp³-hybridized carbons (Fsp3) is 0.222. The number of hydrogen-bond acceptors (Lipinski definition) is 2. The number of nitrogens with zero attached hydrogens (tertiary/aromatic N) is 2. The topological polar surface area (TPSA) is 56.0 Å². The number of halogens is 2. The molecule has 0 atom stereocenters. The lowest BCUT2D eigenvalue weighted by atomic mass is 10.1. The number of aryl methyl sites for hydroxylation is 1. The van der Waals surface area contributed by atoms with E-state index < -0.39 is 0 Å². The molecule has 0 bridgehead atoms. The summed E-state index contributed by atoms with van der Waals surface area (Å²) in [6.45, 7) is 0.359. The van der Waals surface area contributed by atoms with Crippen molar-refractivity contribution in [3.63, 3.8) is 0 Å². The number of carbonyl (C=O) groups is 1. The van der Waals surface area contributed by atoms with Crippen LogP contribution in [0.3, 0.4) is 0 Å². The van der Waals surface area contributed by atoms with Crippen molar-refractivity contribution in [3.05, 3.63) is 68.6 Å². The lowest BCUT2D eigenvalue weighted by Crippen LogP contribution is -2.33. The molecule has 0 aliphatic rings.